The van der Waals surface area contributed by atoms with Gasteiger partial charge in [0.2, 0.25) is 5.95 Å². The summed E-state index contributed by atoms with van der Waals surface area (Å²) in [5, 5.41) is 7.73. The SMILES string of the molecule is Cc1ccccc1CNc1nc2cccc(C)n2n1. The van der Waals surface area contributed by atoms with Gasteiger partial charge in [-0.2, -0.15) is 4.98 Å². The van der Waals surface area contributed by atoms with Gasteiger partial charge in [0.05, 0.1) is 0 Å². The van der Waals surface area contributed by atoms with Gasteiger partial charge in [-0.25, -0.2) is 4.52 Å². The van der Waals surface area contributed by atoms with Gasteiger partial charge in [0, 0.05) is 12.2 Å². The summed E-state index contributed by atoms with van der Waals surface area (Å²) in [6.45, 7) is 4.87. The van der Waals surface area contributed by atoms with E-state index in [-0.39, 0.29) is 0 Å². The van der Waals surface area contributed by atoms with E-state index in [1.807, 2.05) is 41.8 Å². The number of nitrogens with zero attached hydrogens (tertiary/aromatic N) is 3. The van der Waals surface area contributed by atoms with Crippen molar-refractivity contribution in [2.75, 3.05) is 5.32 Å². The van der Waals surface area contributed by atoms with Gasteiger partial charge in [0.1, 0.15) is 0 Å². The van der Waals surface area contributed by atoms with Crippen LogP contribution in [0.5, 0.6) is 0 Å². The van der Waals surface area contributed by atoms with Gasteiger partial charge in [0.15, 0.2) is 5.65 Å². The lowest BCUT2D eigenvalue weighted by atomic mass is 10.1. The first-order valence-corrected chi connectivity index (χ1v) is 6.35. The normalized spacial score (nSPS) is 10.8. The molecule has 2 heterocycles. The fourth-order valence-corrected chi connectivity index (χ4v) is 2.09. The predicted octanol–water partition coefficient (Wildman–Crippen LogP) is 2.96. The third kappa shape index (κ3) is 2.29. The lowest BCUT2D eigenvalue weighted by Crippen LogP contribution is -2.03. The Morgan fingerprint density at radius 2 is 1.89 bits per heavy atom. The molecule has 0 saturated carbocycles. The predicted molar refractivity (Wildman–Crippen MR) is 76.2 cm³/mol. The molecule has 0 fully saturated rings. The van der Waals surface area contributed by atoms with Crippen LogP contribution in [0, 0.1) is 13.8 Å². The number of hydrogen-bond donors (Lipinski definition) is 1. The number of hydrogen-bond acceptors (Lipinski definition) is 3. The molecule has 4 nitrogen and oxygen atoms in total. The van der Waals surface area contributed by atoms with E-state index in [0.717, 1.165) is 17.9 Å². The number of rotatable bonds is 3. The summed E-state index contributed by atoms with van der Waals surface area (Å²) in [6.07, 6.45) is 0. The molecule has 0 aliphatic heterocycles. The Morgan fingerprint density at radius 3 is 2.68 bits per heavy atom. The zero-order chi connectivity index (χ0) is 13.2. The van der Waals surface area contributed by atoms with Crippen LogP contribution in [-0.2, 0) is 6.54 Å². The summed E-state index contributed by atoms with van der Waals surface area (Å²) in [5.41, 5.74) is 4.48. The van der Waals surface area contributed by atoms with Gasteiger partial charge in [-0.05, 0) is 37.1 Å². The van der Waals surface area contributed by atoms with E-state index in [0.29, 0.717) is 5.95 Å². The van der Waals surface area contributed by atoms with Crippen molar-refractivity contribution in [2.24, 2.45) is 0 Å². The fraction of sp³-hybridized carbons (Fsp3) is 0.200. The molecule has 96 valence electrons. The highest BCUT2D eigenvalue weighted by Gasteiger charge is 2.04. The summed E-state index contributed by atoms with van der Waals surface area (Å²) in [7, 11) is 0. The summed E-state index contributed by atoms with van der Waals surface area (Å²) < 4.78 is 1.85. The van der Waals surface area contributed by atoms with Crippen LogP contribution in [0.3, 0.4) is 0 Å². The molecule has 0 radical (unpaired) electrons. The first kappa shape index (κ1) is 11.7. The molecule has 0 aliphatic rings. The first-order chi connectivity index (χ1) is 9.24. The maximum atomic E-state index is 4.46. The number of aryl methyl sites for hydroxylation is 2. The van der Waals surface area contributed by atoms with Crippen molar-refractivity contribution in [3.8, 4) is 0 Å². The van der Waals surface area contributed by atoms with Crippen molar-refractivity contribution in [3.05, 3.63) is 59.3 Å². The molecular weight excluding hydrogens is 236 g/mol. The van der Waals surface area contributed by atoms with Crippen LogP contribution in [0.4, 0.5) is 5.95 Å². The lowest BCUT2D eigenvalue weighted by Gasteiger charge is -2.05. The minimum atomic E-state index is 0.664. The topological polar surface area (TPSA) is 42.2 Å². The van der Waals surface area contributed by atoms with Gasteiger partial charge in [-0.15, -0.1) is 5.10 Å². The second-order valence-corrected chi connectivity index (χ2v) is 4.65. The maximum absolute atomic E-state index is 4.46. The Labute approximate surface area is 112 Å². The zero-order valence-corrected chi connectivity index (χ0v) is 11.1. The lowest BCUT2D eigenvalue weighted by molar-refractivity contribution is 0.909. The van der Waals surface area contributed by atoms with Crippen molar-refractivity contribution >= 4 is 11.6 Å². The van der Waals surface area contributed by atoms with Crippen LogP contribution in [0.25, 0.3) is 5.65 Å². The fourth-order valence-electron chi connectivity index (χ4n) is 2.09. The van der Waals surface area contributed by atoms with Crippen molar-refractivity contribution < 1.29 is 0 Å². The molecule has 0 amide bonds. The van der Waals surface area contributed by atoms with Gasteiger partial charge in [-0.3, -0.25) is 0 Å². The molecule has 4 heteroatoms. The Bertz CT molecular complexity index is 715. The smallest absolute Gasteiger partial charge is 0.243 e. The third-order valence-corrected chi connectivity index (χ3v) is 3.25. The Hall–Kier alpha value is -2.36. The van der Waals surface area contributed by atoms with Crippen LogP contribution in [0.1, 0.15) is 16.8 Å². The number of fused-ring (bicyclic) bond motifs is 1. The summed E-state index contributed by atoms with van der Waals surface area (Å²) in [5.74, 6) is 0.664. The Morgan fingerprint density at radius 1 is 1.05 bits per heavy atom. The van der Waals surface area contributed by atoms with E-state index < -0.39 is 0 Å². The summed E-state index contributed by atoms with van der Waals surface area (Å²) in [6, 6.07) is 14.3. The van der Waals surface area contributed by atoms with E-state index in [2.05, 4.69) is 34.5 Å². The zero-order valence-electron chi connectivity index (χ0n) is 11.1. The summed E-state index contributed by atoms with van der Waals surface area (Å²) >= 11 is 0. The minimum Gasteiger partial charge on any atom is -0.349 e. The molecular formula is C15H16N4. The average Bonchev–Trinajstić information content (AvgIpc) is 2.82. The van der Waals surface area contributed by atoms with E-state index in [1.54, 1.807) is 0 Å². The number of benzene rings is 1. The van der Waals surface area contributed by atoms with E-state index in [4.69, 9.17) is 0 Å². The highest BCUT2D eigenvalue weighted by Crippen LogP contribution is 2.11. The van der Waals surface area contributed by atoms with E-state index in [9.17, 15) is 0 Å². The molecule has 0 aliphatic carbocycles. The largest absolute Gasteiger partial charge is 0.349 e. The molecule has 0 unspecified atom stereocenters. The molecule has 1 N–H and O–H groups in total. The standard InChI is InChI=1S/C15H16N4/c1-11-6-3-4-8-13(11)10-16-15-17-14-9-5-7-12(2)19(14)18-15/h3-9H,10H2,1-2H3,(H,16,18). The van der Waals surface area contributed by atoms with Crippen LogP contribution in [0.2, 0.25) is 0 Å². The third-order valence-electron chi connectivity index (χ3n) is 3.25. The van der Waals surface area contributed by atoms with Crippen molar-refractivity contribution in [3.63, 3.8) is 0 Å². The second kappa shape index (κ2) is 4.72. The monoisotopic (exact) mass is 252 g/mol. The van der Waals surface area contributed by atoms with Gasteiger partial charge >= 0.3 is 0 Å². The van der Waals surface area contributed by atoms with Crippen molar-refractivity contribution in [1.82, 2.24) is 14.6 Å². The van der Waals surface area contributed by atoms with Crippen molar-refractivity contribution in [1.29, 1.82) is 0 Å². The molecule has 0 saturated heterocycles. The van der Waals surface area contributed by atoms with Gasteiger partial charge in [-0.1, -0.05) is 30.3 Å². The number of pyridine rings is 1. The van der Waals surface area contributed by atoms with Gasteiger partial charge in [0.25, 0.3) is 0 Å². The number of anilines is 1. The molecule has 1 aromatic carbocycles. The highest BCUT2D eigenvalue weighted by atomic mass is 15.3. The quantitative estimate of drug-likeness (QED) is 0.779. The maximum Gasteiger partial charge on any atom is 0.243 e. The molecule has 2 aromatic heterocycles. The molecule has 3 aromatic rings. The molecule has 0 atom stereocenters. The Balaban J connectivity index is 1.83. The number of aromatic nitrogens is 3. The van der Waals surface area contributed by atoms with Gasteiger partial charge < -0.3 is 5.32 Å². The van der Waals surface area contributed by atoms with Crippen LogP contribution < -0.4 is 5.32 Å². The van der Waals surface area contributed by atoms with E-state index in [1.165, 1.54) is 11.1 Å². The highest BCUT2D eigenvalue weighted by molar-refractivity contribution is 5.44. The number of nitrogens with one attached hydrogen (secondary N) is 1. The van der Waals surface area contributed by atoms with E-state index >= 15 is 0 Å². The second-order valence-electron chi connectivity index (χ2n) is 4.65. The van der Waals surface area contributed by atoms with Crippen LogP contribution in [0.15, 0.2) is 42.5 Å². The first-order valence-electron chi connectivity index (χ1n) is 6.35. The Kier molecular flexibility index (Phi) is 2.91. The molecule has 0 spiro atoms. The molecule has 3 rings (SSSR count). The minimum absolute atomic E-state index is 0.664. The van der Waals surface area contributed by atoms with Crippen LogP contribution >= 0.6 is 0 Å². The van der Waals surface area contributed by atoms with Crippen molar-refractivity contribution in [2.45, 2.75) is 20.4 Å². The van der Waals surface area contributed by atoms with Crippen LogP contribution in [-0.4, -0.2) is 14.6 Å². The summed E-state index contributed by atoms with van der Waals surface area (Å²) in [4.78, 5) is 4.46. The molecule has 0 bridgehead atoms. The average molecular weight is 252 g/mol. The molecule has 19 heavy (non-hydrogen) atoms.